The highest BCUT2D eigenvalue weighted by Gasteiger charge is 2.26. The van der Waals surface area contributed by atoms with Crippen LogP contribution in [0.15, 0.2) is 41.3 Å². The summed E-state index contributed by atoms with van der Waals surface area (Å²) in [4.78, 5) is 23.3. The molecule has 0 aromatic heterocycles. The molecule has 0 unspecified atom stereocenters. The Hall–Kier alpha value is -2.78. The number of amides is 1. The average molecular weight is 417 g/mol. The lowest BCUT2D eigenvalue weighted by molar-refractivity contribution is -0.385. The Bertz CT molecular complexity index is 1060. The van der Waals surface area contributed by atoms with Crippen molar-refractivity contribution < 1.29 is 18.1 Å². The van der Waals surface area contributed by atoms with Gasteiger partial charge in [-0.05, 0) is 50.5 Å². The van der Waals surface area contributed by atoms with Gasteiger partial charge in [-0.15, -0.1) is 0 Å². The van der Waals surface area contributed by atoms with Gasteiger partial charge in [-0.3, -0.25) is 14.9 Å². The topological polar surface area (TPSA) is 110 Å². The summed E-state index contributed by atoms with van der Waals surface area (Å²) in [7, 11) is -3.63. The summed E-state index contributed by atoms with van der Waals surface area (Å²) in [6.07, 6.45) is 2.69. The van der Waals surface area contributed by atoms with Crippen LogP contribution in [0.3, 0.4) is 0 Å². The number of rotatable bonds is 5. The number of hydrogen-bond acceptors (Lipinski definition) is 5. The fraction of sp³-hybridized carbons (Fsp3) is 0.350. The first kappa shape index (κ1) is 20.9. The van der Waals surface area contributed by atoms with E-state index in [9.17, 15) is 23.3 Å². The molecule has 1 aliphatic rings. The Morgan fingerprint density at radius 1 is 1.03 bits per heavy atom. The van der Waals surface area contributed by atoms with Crippen LogP contribution in [0.2, 0.25) is 0 Å². The molecule has 1 N–H and O–H groups in total. The number of nitrogens with zero attached hydrogens (tertiary/aromatic N) is 2. The SMILES string of the molecule is Cc1ccc(S(=O)(=O)N2CCCCC2)cc1NC(=O)c1ccc(C)c([N+](=O)[O-])c1. The molecular formula is C20H23N3O5S. The van der Waals surface area contributed by atoms with Crippen LogP contribution in [0.5, 0.6) is 0 Å². The van der Waals surface area contributed by atoms with Crippen LogP contribution < -0.4 is 5.32 Å². The maximum absolute atomic E-state index is 12.9. The molecule has 8 nitrogen and oxygen atoms in total. The predicted molar refractivity (Wildman–Crippen MR) is 110 cm³/mol. The molecule has 0 spiro atoms. The van der Waals surface area contributed by atoms with E-state index in [0.717, 1.165) is 19.3 Å². The molecule has 0 saturated carbocycles. The number of hydrogen-bond donors (Lipinski definition) is 1. The molecule has 1 heterocycles. The number of sulfonamides is 1. The number of carbonyl (C=O) groups excluding carboxylic acids is 1. The van der Waals surface area contributed by atoms with E-state index in [4.69, 9.17) is 0 Å². The smallest absolute Gasteiger partial charge is 0.273 e. The third-order valence-corrected chi connectivity index (χ3v) is 6.97. The van der Waals surface area contributed by atoms with Crippen LogP contribution in [-0.2, 0) is 10.0 Å². The number of nitro benzene ring substituents is 1. The number of nitro groups is 1. The first-order valence-electron chi connectivity index (χ1n) is 9.37. The Morgan fingerprint density at radius 3 is 2.34 bits per heavy atom. The van der Waals surface area contributed by atoms with Gasteiger partial charge in [0, 0.05) is 36.0 Å². The molecular weight excluding hydrogens is 394 g/mol. The van der Waals surface area contributed by atoms with Gasteiger partial charge in [0.25, 0.3) is 11.6 Å². The van der Waals surface area contributed by atoms with Gasteiger partial charge in [-0.25, -0.2) is 8.42 Å². The van der Waals surface area contributed by atoms with E-state index in [-0.39, 0.29) is 16.1 Å². The van der Waals surface area contributed by atoms with Crippen LogP contribution in [0.1, 0.15) is 40.7 Å². The number of benzene rings is 2. The zero-order valence-electron chi connectivity index (χ0n) is 16.3. The normalized spacial score (nSPS) is 15.1. The molecule has 29 heavy (non-hydrogen) atoms. The second-order valence-corrected chi connectivity index (χ2v) is 9.09. The lowest BCUT2D eigenvalue weighted by Gasteiger charge is -2.26. The van der Waals surface area contributed by atoms with Crippen LogP contribution in [-0.4, -0.2) is 36.6 Å². The third-order valence-electron chi connectivity index (χ3n) is 5.08. The maximum Gasteiger partial charge on any atom is 0.273 e. The summed E-state index contributed by atoms with van der Waals surface area (Å²) in [5, 5.41) is 13.8. The number of piperidine rings is 1. The monoisotopic (exact) mass is 417 g/mol. The van der Waals surface area contributed by atoms with Crippen molar-refractivity contribution in [2.45, 2.75) is 38.0 Å². The highest BCUT2D eigenvalue weighted by Crippen LogP contribution is 2.26. The summed E-state index contributed by atoms with van der Waals surface area (Å²) >= 11 is 0. The van der Waals surface area contributed by atoms with Crippen molar-refractivity contribution >= 4 is 27.3 Å². The Morgan fingerprint density at radius 2 is 1.69 bits per heavy atom. The van der Waals surface area contributed by atoms with E-state index in [1.807, 2.05) is 0 Å². The van der Waals surface area contributed by atoms with Gasteiger partial charge in [0.15, 0.2) is 0 Å². The quantitative estimate of drug-likeness (QED) is 0.590. The van der Waals surface area contributed by atoms with Gasteiger partial charge in [-0.2, -0.15) is 4.31 Å². The zero-order valence-corrected chi connectivity index (χ0v) is 17.2. The highest BCUT2D eigenvalue weighted by atomic mass is 32.2. The summed E-state index contributed by atoms with van der Waals surface area (Å²) < 4.78 is 27.3. The van der Waals surface area contributed by atoms with Crippen LogP contribution in [0, 0.1) is 24.0 Å². The van der Waals surface area contributed by atoms with Gasteiger partial charge >= 0.3 is 0 Å². The van der Waals surface area contributed by atoms with Gasteiger partial charge < -0.3 is 5.32 Å². The number of anilines is 1. The van der Waals surface area contributed by atoms with E-state index < -0.39 is 20.9 Å². The van der Waals surface area contributed by atoms with Crippen LogP contribution in [0.25, 0.3) is 0 Å². The Balaban J connectivity index is 1.88. The second kappa shape index (κ2) is 8.30. The molecule has 0 aliphatic carbocycles. The number of aryl methyl sites for hydroxylation is 2. The molecule has 3 rings (SSSR count). The van der Waals surface area contributed by atoms with Crippen molar-refractivity contribution in [3.05, 3.63) is 63.2 Å². The largest absolute Gasteiger partial charge is 0.322 e. The van der Waals surface area contributed by atoms with Crippen molar-refractivity contribution in [3.8, 4) is 0 Å². The molecule has 1 amide bonds. The van der Waals surface area contributed by atoms with Crippen molar-refractivity contribution in [1.82, 2.24) is 4.31 Å². The van der Waals surface area contributed by atoms with Crippen molar-refractivity contribution in [2.24, 2.45) is 0 Å². The minimum absolute atomic E-state index is 0.121. The molecule has 1 saturated heterocycles. The lowest BCUT2D eigenvalue weighted by atomic mass is 10.1. The standard InChI is InChI=1S/C20H23N3O5S/c1-14-7-9-17(29(27,28)22-10-4-3-5-11-22)13-18(14)21-20(24)16-8-6-15(2)19(12-16)23(25)26/h6-9,12-13H,3-5,10-11H2,1-2H3,(H,21,24). The summed E-state index contributed by atoms with van der Waals surface area (Å²) in [5.41, 5.74) is 1.49. The molecule has 0 bridgehead atoms. The molecule has 154 valence electrons. The number of carbonyl (C=O) groups is 1. The van der Waals surface area contributed by atoms with Crippen molar-refractivity contribution in [1.29, 1.82) is 0 Å². The minimum atomic E-state index is -3.63. The van der Waals surface area contributed by atoms with Crippen molar-refractivity contribution in [2.75, 3.05) is 18.4 Å². The molecule has 2 aromatic rings. The lowest BCUT2D eigenvalue weighted by Crippen LogP contribution is -2.35. The van der Waals surface area contributed by atoms with E-state index in [1.54, 1.807) is 19.9 Å². The maximum atomic E-state index is 12.9. The van der Waals surface area contributed by atoms with Gasteiger partial charge in [0.05, 0.1) is 9.82 Å². The van der Waals surface area contributed by atoms with E-state index in [0.29, 0.717) is 29.9 Å². The molecule has 0 radical (unpaired) electrons. The Kier molecular flexibility index (Phi) is 5.99. The van der Waals surface area contributed by atoms with E-state index >= 15 is 0 Å². The summed E-state index contributed by atoms with van der Waals surface area (Å²) in [5.74, 6) is -0.538. The average Bonchev–Trinajstić information content (AvgIpc) is 2.70. The highest BCUT2D eigenvalue weighted by molar-refractivity contribution is 7.89. The molecule has 9 heteroatoms. The van der Waals surface area contributed by atoms with Crippen LogP contribution >= 0.6 is 0 Å². The molecule has 1 fully saturated rings. The van der Waals surface area contributed by atoms with Crippen molar-refractivity contribution in [3.63, 3.8) is 0 Å². The zero-order chi connectivity index (χ0) is 21.2. The number of nitrogens with one attached hydrogen (secondary N) is 1. The fourth-order valence-electron chi connectivity index (χ4n) is 3.29. The van der Waals surface area contributed by atoms with E-state index in [2.05, 4.69) is 5.32 Å². The van der Waals surface area contributed by atoms with Crippen LogP contribution in [0.4, 0.5) is 11.4 Å². The Labute approximate surface area is 169 Å². The third kappa shape index (κ3) is 4.46. The summed E-state index contributed by atoms with van der Waals surface area (Å²) in [6.45, 7) is 4.33. The summed E-state index contributed by atoms with van der Waals surface area (Å²) in [6, 6.07) is 8.85. The van der Waals surface area contributed by atoms with E-state index in [1.165, 1.54) is 34.6 Å². The minimum Gasteiger partial charge on any atom is -0.322 e. The first-order valence-corrected chi connectivity index (χ1v) is 10.8. The van der Waals surface area contributed by atoms with Gasteiger partial charge in [0.1, 0.15) is 0 Å². The first-order chi connectivity index (χ1) is 13.7. The molecule has 2 aromatic carbocycles. The van der Waals surface area contributed by atoms with Gasteiger partial charge in [0.2, 0.25) is 10.0 Å². The predicted octanol–water partition coefficient (Wildman–Crippen LogP) is 3.64. The molecule has 1 aliphatic heterocycles. The van der Waals surface area contributed by atoms with Gasteiger partial charge in [-0.1, -0.05) is 18.6 Å². The second-order valence-electron chi connectivity index (χ2n) is 7.15. The fourth-order valence-corrected chi connectivity index (χ4v) is 4.84. The molecule has 0 atom stereocenters.